The summed E-state index contributed by atoms with van der Waals surface area (Å²) in [6.07, 6.45) is 0. The number of benzene rings is 2. The van der Waals surface area contributed by atoms with Crippen LogP contribution in [0.4, 0.5) is 0 Å². The van der Waals surface area contributed by atoms with Gasteiger partial charge in [-0.05, 0) is 29.8 Å². The Morgan fingerprint density at radius 3 is 2.44 bits per heavy atom. The normalized spacial score (nSPS) is 16.2. The maximum absolute atomic E-state index is 12.7. The summed E-state index contributed by atoms with van der Waals surface area (Å²) in [5, 5.41) is 3.19. The molecule has 3 rings (SSSR count). The van der Waals surface area contributed by atoms with Crippen LogP contribution in [0.1, 0.15) is 22.0 Å². The van der Waals surface area contributed by atoms with Crippen LogP contribution < -0.4 is 15.0 Å². The number of hydrogen-bond donors (Lipinski definition) is 2. The zero-order valence-electron chi connectivity index (χ0n) is 14.5. The number of carbonyl (C=O) groups excluding carboxylic acids is 1. The molecule has 5 heteroatoms. The molecule has 0 bridgehead atoms. The molecule has 25 heavy (non-hydrogen) atoms. The van der Waals surface area contributed by atoms with E-state index < -0.39 is 0 Å². The minimum absolute atomic E-state index is 0.0242. The molecule has 1 aliphatic rings. The molecule has 1 heterocycles. The largest absolute Gasteiger partial charge is 0.497 e. The Balaban J connectivity index is 1.72. The van der Waals surface area contributed by atoms with Crippen LogP contribution in [0.25, 0.3) is 0 Å². The van der Waals surface area contributed by atoms with Crippen molar-refractivity contribution in [3.8, 4) is 5.75 Å². The molecule has 2 aromatic carbocycles. The van der Waals surface area contributed by atoms with E-state index in [9.17, 15) is 4.79 Å². The minimum atomic E-state index is -0.0656. The van der Waals surface area contributed by atoms with Crippen molar-refractivity contribution in [2.75, 3.05) is 40.0 Å². The van der Waals surface area contributed by atoms with Crippen LogP contribution in [0, 0.1) is 0 Å². The van der Waals surface area contributed by atoms with Gasteiger partial charge in [0.1, 0.15) is 31.4 Å². The average molecular weight is 341 g/mol. The number of amides is 1. The molecule has 0 radical (unpaired) electrons. The highest BCUT2D eigenvalue weighted by molar-refractivity contribution is 5.94. The zero-order chi connectivity index (χ0) is 17.5. The van der Waals surface area contributed by atoms with E-state index in [0.29, 0.717) is 5.56 Å². The molecule has 1 aliphatic heterocycles. The molecule has 132 valence electrons. The van der Waals surface area contributed by atoms with Gasteiger partial charge in [-0.15, -0.1) is 0 Å². The van der Waals surface area contributed by atoms with Gasteiger partial charge < -0.3 is 19.7 Å². The number of morpholine rings is 1. The topological polar surface area (TPSA) is 52.0 Å². The van der Waals surface area contributed by atoms with E-state index in [1.54, 1.807) is 31.4 Å². The predicted octanol–water partition coefficient (Wildman–Crippen LogP) is 1.08. The third-order valence-electron chi connectivity index (χ3n) is 4.55. The van der Waals surface area contributed by atoms with E-state index >= 15 is 0 Å². The number of carbonyl (C=O) groups is 1. The molecular weight excluding hydrogens is 316 g/mol. The van der Waals surface area contributed by atoms with Crippen molar-refractivity contribution in [3.05, 3.63) is 65.7 Å². The molecule has 0 unspecified atom stereocenters. The van der Waals surface area contributed by atoms with Gasteiger partial charge in [-0.25, -0.2) is 0 Å². The first-order chi connectivity index (χ1) is 12.3. The highest BCUT2D eigenvalue weighted by atomic mass is 16.5. The molecule has 1 fully saturated rings. The highest BCUT2D eigenvalue weighted by Gasteiger charge is 2.23. The maximum atomic E-state index is 12.7. The lowest BCUT2D eigenvalue weighted by Gasteiger charge is -2.28. The summed E-state index contributed by atoms with van der Waals surface area (Å²) >= 11 is 0. The highest BCUT2D eigenvalue weighted by Crippen LogP contribution is 2.14. The van der Waals surface area contributed by atoms with Crippen molar-refractivity contribution in [2.45, 2.75) is 6.04 Å². The standard InChI is InChI=1S/C20H24N2O3/c1-24-18-9-7-17(8-10-18)20(23)21-19(16-5-3-2-4-6-16)15-22-11-13-25-14-12-22/h2-10,19H,11-15H2,1H3,(H,21,23)/p+1/t19-/m1/s1. The van der Waals surface area contributed by atoms with Crippen molar-refractivity contribution >= 4 is 5.91 Å². The van der Waals surface area contributed by atoms with Gasteiger partial charge in [-0.1, -0.05) is 30.3 Å². The summed E-state index contributed by atoms with van der Waals surface area (Å²) in [6.45, 7) is 4.37. The summed E-state index contributed by atoms with van der Waals surface area (Å²) in [6, 6.07) is 17.3. The smallest absolute Gasteiger partial charge is 0.251 e. The Labute approximate surface area is 148 Å². The van der Waals surface area contributed by atoms with Crippen molar-refractivity contribution in [3.63, 3.8) is 0 Å². The van der Waals surface area contributed by atoms with Gasteiger partial charge in [0.25, 0.3) is 5.91 Å². The van der Waals surface area contributed by atoms with Gasteiger partial charge in [-0.2, -0.15) is 0 Å². The van der Waals surface area contributed by atoms with Gasteiger partial charge in [0, 0.05) is 5.56 Å². The number of hydrogen-bond acceptors (Lipinski definition) is 3. The monoisotopic (exact) mass is 341 g/mol. The zero-order valence-corrected chi connectivity index (χ0v) is 14.5. The first-order valence-corrected chi connectivity index (χ1v) is 8.67. The quantitative estimate of drug-likeness (QED) is 0.827. The Morgan fingerprint density at radius 2 is 1.80 bits per heavy atom. The van der Waals surface area contributed by atoms with Crippen LogP contribution in [-0.2, 0) is 4.74 Å². The summed E-state index contributed by atoms with van der Waals surface area (Å²) in [4.78, 5) is 14.1. The molecule has 0 saturated carbocycles. The second-order valence-corrected chi connectivity index (χ2v) is 6.23. The van der Waals surface area contributed by atoms with Crippen molar-refractivity contribution < 1.29 is 19.2 Å². The van der Waals surface area contributed by atoms with Gasteiger partial charge in [0.2, 0.25) is 0 Å². The molecule has 1 amide bonds. The molecule has 1 saturated heterocycles. The number of methoxy groups -OCH3 is 1. The molecule has 0 aromatic heterocycles. The Hall–Kier alpha value is -2.37. The molecule has 1 atom stereocenters. The number of quaternary nitrogens is 1. The second-order valence-electron chi connectivity index (χ2n) is 6.23. The lowest BCUT2D eigenvalue weighted by atomic mass is 10.1. The Morgan fingerprint density at radius 1 is 1.12 bits per heavy atom. The van der Waals surface area contributed by atoms with Crippen molar-refractivity contribution in [2.24, 2.45) is 0 Å². The number of rotatable bonds is 6. The van der Waals surface area contributed by atoms with Crippen LogP contribution in [0.5, 0.6) is 5.75 Å². The molecule has 0 spiro atoms. The predicted molar refractivity (Wildman–Crippen MR) is 96.0 cm³/mol. The molecule has 2 aromatic rings. The Kier molecular flexibility index (Phi) is 6.04. The minimum Gasteiger partial charge on any atom is -0.497 e. The second kappa shape index (κ2) is 8.65. The van der Waals surface area contributed by atoms with E-state index in [2.05, 4.69) is 17.4 Å². The fraction of sp³-hybridized carbons (Fsp3) is 0.350. The third-order valence-corrected chi connectivity index (χ3v) is 4.55. The molecule has 2 N–H and O–H groups in total. The van der Waals surface area contributed by atoms with Crippen molar-refractivity contribution in [1.29, 1.82) is 0 Å². The number of nitrogens with one attached hydrogen (secondary N) is 2. The van der Waals surface area contributed by atoms with Gasteiger partial charge >= 0.3 is 0 Å². The van der Waals surface area contributed by atoms with Crippen LogP contribution in [0.2, 0.25) is 0 Å². The van der Waals surface area contributed by atoms with E-state index in [4.69, 9.17) is 9.47 Å². The lowest BCUT2D eigenvalue weighted by Crippen LogP contribution is -3.14. The summed E-state index contributed by atoms with van der Waals surface area (Å²) in [7, 11) is 1.62. The van der Waals surface area contributed by atoms with Gasteiger partial charge in [0.15, 0.2) is 0 Å². The molecule has 5 nitrogen and oxygen atoms in total. The van der Waals surface area contributed by atoms with Crippen molar-refractivity contribution in [1.82, 2.24) is 5.32 Å². The van der Waals surface area contributed by atoms with Crippen LogP contribution in [0.3, 0.4) is 0 Å². The summed E-state index contributed by atoms with van der Waals surface area (Å²) < 4.78 is 10.6. The van der Waals surface area contributed by atoms with Gasteiger partial charge in [0.05, 0.1) is 20.3 Å². The van der Waals surface area contributed by atoms with E-state index in [-0.39, 0.29) is 11.9 Å². The summed E-state index contributed by atoms with van der Waals surface area (Å²) in [5.41, 5.74) is 1.77. The Bertz CT molecular complexity index is 667. The van der Waals surface area contributed by atoms with Crippen LogP contribution >= 0.6 is 0 Å². The van der Waals surface area contributed by atoms with E-state index in [1.807, 2.05) is 18.2 Å². The fourth-order valence-electron chi connectivity index (χ4n) is 3.07. The van der Waals surface area contributed by atoms with Gasteiger partial charge in [-0.3, -0.25) is 4.79 Å². The SMILES string of the molecule is COc1ccc(C(=O)N[C@H](C[NH+]2CCOCC2)c2ccccc2)cc1. The first-order valence-electron chi connectivity index (χ1n) is 8.67. The molecular formula is C20H25N2O3+. The third kappa shape index (κ3) is 4.81. The lowest BCUT2D eigenvalue weighted by molar-refractivity contribution is -0.909. The first kappa shape index (κ1) is 17.5. The molecule has 0 aliphatic carbocycles. The van der Waals surface area contributed by atoms with E-state index in [1.165, 1.54) is 4.90 Å². The number of ether oxygens (including phenoxy) is 2. The summed E-state index contributed by atoms with van der Waals surface area (Å²) in [5.74, 6) is 0.679. The fourth-order valence-corrected chi connectivity index (χ4v) is 3.07. The maximum Gasteiger partial charge on any atom is 0.251 e. The van der Waals surface area contributed by atoms with Crippen LogP contribution in [-0.4, -0.2) is 45.9 Å². The van der Waals surface area contributed by atoms with Crippen LogP contribution in [0.15, 0.2) is 54.6 Å². The average Bonchev–Trinajstić information content (AvgIpc) is 2.69. The van der Waals surface area contributed by atoms with E-state index in [0.717, 1.165) is 44.2 Å².